The normalized spacial score (nSPS) is 23.7. The maximum Gasteiger partial charge on any atom is 0.410 e. The van der Waals surface area contributed by atoms with Crippen molar-refractivity contribution in [2.45, 2.75) is 82.8 Å². The minimum atomic E-state index is -0.680. The van der Waals surface area contributed by atoms with Gasteiger partial charge < -0.3 is 29.2 Å². The first kappa shape index (κ1) is 29.0. The van der Waals surface area contributed by atoms with Gasteiger partial charge in [0.2, 0.25) is 0 Å². The second-order valence-electron chi connectivity index (χ2n) is 12.0. The van der Waals surface area contributed by atoms with Gasteiger partial charge in [-0.25, -0.2) is 19.2 Å². The molecule has 1 aromatic heterocycles. The van der Waals surface area contributed by atoms with Crippen LogP contribution in [0, 0.1) is 5.82 Å². The van der Waals surface area contributed by atoms with Gasteiger partial charge in [-0.1, -0.05) is 23.2 Å². The Bertz CT molecular complexity index is 1480. The van der Waals surface area contributed by atoms with Crippen molar-refractivity contribution in [1.82, 2.24) is 14.9 Å². The number of benzene rings is 2. The molecule has 224 valence electrons. The van der Waals surface area contributed by atoms with Crippen molar-refractivity contribution in [3.05, 3.63) is 46.5 Å². The van der Waals surface area contributed by atoms with E-state index >= 15 is 0 Å². The van der Waals surface area contributed by atoms with Gasteiger partial charge in [0.1, 0.15) is 30.0 Å². The Balaban J connectivity index is 1.30. The summed E-state index contributed by atoms with van der Waals surface area (Å²) < 4.78 is 39.1. The number of carbonyl (C=O) groups excluding carboxylic acids is 1. The molecule has 42 heavy (non-hydrogen) atoms. The number of aromatic nitrogens is 2. The van der Waals surface area contributed by atoms with Crippen LogP contribution in [0.5, 0.6) is 11.5 Å². The molecule has 0 aliphatic carbocycles. The van der Waals surface area contributed by atoms with Gasteiger partial charge in [0, 0.05) is 42.8 Å². The third kappa shape index (κ3) is 6.02. The minimum absolute atomic E-state index is 0.0369. The van der Waals surface area contributed by atoms with Crippen molar-refractivity contribution in [2.24, 2.45) is 0 Å². The van der Waals surface area contributed by atoms with Crippen LogP contribution in [0.25, 0.3) is 10.9 Å². The molecule has 0 unspecified atom stereocenters. The molecule has 4 atom stereocenters. The third-order valence-corrected chi connectivity index (χ3v) is 8.54. The van der Waals surface area contributed by atoms with E-state index in [1.165, 1.54) is 18.5 Å². The molecule has 3 aliphatic rings. The summed E-state index contributed by atoms with van der Waals surface area (Å²) in [5.74, 6) is 0.765. The Morgan fingerprint density at radius 3 is 2.45 bits per heavy atom. The van der Waals surface area contributed by atoms with E-state index in [9.17, 15) is 9.18 Å². The standard InChI is InChI=1S/C30H33Cl2FN4O5/c1-30(2,3)42-29(38)37-16-4-5-17(37)11-19(10-16)41-24-12-20-23(13-25(24)40-18-8-9-39-14-18)34-15-35-28(20)36-22-7-6-21(31)26(32)27(22)33/h6-7,12-13,15-19H,4-5,8-11,14H2,1-3H3,(H,34,35,36)/t16-,17+,18-,19-/m1/s1. The Kier molecular flexibility index (Phi) is 7.97. The molecule has 1 N–H and O–H groups in total. The topological polar surface area (TPSA) is 95.0 Å². The Hall–Kier alpha value is -3.08. The van der Waals surface area contributed by atoms with Gasteiger partial charge in [0.05, 0.1) is 34.5 Å². The number of hydrogen-bond donors (Lipinski definition) is 1. The number of piperidine rings is 1. The Morgan fingerprint density at radius 2 is 1.76 bits per heavy atom. The number of nitrogens with one attached hydrogen (secondary N) is 1. The first-order valence-corrected chi connectivity index (χ1v) is 14.9. The van der Waals surface area contributed by atoms with Crippen LogP contribution >= 0.6 is 23.2 Å². The fourth-order valence-electron chi connectivity index (χ4n) is 5.90. The largest absolute Gasteiger partial charge is 0.486 e. The minimum Gasteiger partial charge on any atom is -0.486 e. The smallest absolute Gasteiger partial charge is 0.410 e. The molecule has 2 aromatic carbocycles. The molecular weight excluding hydrogens is 586 g/mol. The first-order chi connectivity index (χ1) is 20.1. The maximum atomic E-state index is 14.9. The lowest BCUT2D eigenvalue weighted by molar-refractivity contribution is -0.00759. The van der Waals surface area contributed by atoms with Gasteiger partial charge in [-0.2, -0.15) is 0 Å². The molecule has 6 rings (SSSR count). The summed E-state index contributed by atoms with van der Waals surface area (Å²) in [6.07, 6.45) is 4.79. The van der Waals surface area contributed by atoms with Gasteiger partial charge in [-0.3, -0.25) is 0 Å². The molecular formula is C30H33Cl2FN4O5. The molecule has 9 nitrogen and oxygen atoms in total. The number of anilines is 2. The molecule has 0 saturated carbocycles. The Morgan fingerprint density at radius 1 is 1.05 bits per heavy atom. The second kappa shape index (κ2) is 11.5. The number of hydrogen-bond acceptors (Lipinski definition) is 8. The molecule has 3 fully saturated rings. The van der Waals surface area contributed by atoms with Crippen LogP contribution in [0.4, 0.5) is 20.7 Å². The van der Waals surface area contributed by atoms with Crippen LogP contribution in [0.2, 0.25) is 10.0 Å². The maximum absolute atomic E-state index is 14.9. The fraction of sp³-hybridized carbons (Fsp3) is 0.500. The first-order valence-electron chi connectivity index (χ1n) is 14.2. The van der Waals surface area contributed by atoms with Crippen molar-refractivity contribution in [3.8, 4) is 11.5 Å². The van der Waals surface area contributed by atoms with E-state index in [1.54, 1.807) is 0 Å². The van der Waals surface area contributed by atoms with E-state index in [0.29, 0.717) is 54.3 Å². The zero-order valence-corrected chi connectivity index (χ0v) is 25.2. The summed E-state index contributed by atoms with van der Waals surface area (Å²) in [6, 6.07) is 6.72. The van der Waals surface area contributed by atoms with Crippen molar-refractivity contribution >= 4 is 51.7 Å². The number of carbonyl (C=O) groups is 1. The van der Waals surface area contributed by atoms with E-state index in [0.717, 1.165) is 19.3 Å². The third-order valence-electron chi connectivity index (χ3n) is 7.76. The molecule has 4 heterocycles. The highest BCUT2D eigenvalue weighted by atomic mass is 35.5. The summed E-state index contributed by atoms with van der Waals surface area (Å²) in [6.45, 7) is 6.75. The fourth-order valence-corrected chi connectivity index (χ4v) is 6.21. The lowest BCUT2D eigenvalue weighted by Crippen LogP contribution is -2.50. The zero-order chi connectivity index (χ0) is 29.6. The molecule has 1 amide bonds. The van der Waals surface area contributed by atoms with Crippen molar-refractivity contribution < 1.29 is 28.1 Å². The highest BCUT2D eigenvalue weighted by molar-refractivity contribution is 6.42. The van der Waals surface area contributed by atoms with Crippen LogP contribution < -0.4 is 14.8 Å². The number of nitrogens with zero attached hydrogens (tertiary/aromatic N) is 3. The van der Waals surface area contributed by atoms with Crippen molar-refractivity contribution in [3.63, 3.8) is 0 Å². The van der Waals surface area contributed by atoms with E-state index in [4.69, 9.17) is 42.1 Å². The van der Waals surface area contributed by atoms with Crippen molar-refractivity contribution in [2.75, 3.05) is 18.5 Å². The summed E-state index contributed by atoms with van der Waals surface area (Å²) in [5, 5.41) is 3.58. The average Bonchev–Trinajstić information content (AvgIpc) is 3.54. The van der Waals surface area contributed by atoms with Gasteiger partial charge in [0.25, 0.3) is 0 Å². The van der Waals surface area contributed by atoms with Crippen LogP contribution in [-0.4, -0.2) is 64.1 Å². The van der Waals surface area contributed by atoms with Crippen LogP contribution in [0.3, 0.4) is 0 Å². The lowest BCUT2D eigenvalue weighted by Gasteiger charge is -2.39. The van der Waals surface area contributed by atoms with Crippen molar-refractivity contribution in [1.29, 1.82) is 0 Å². The number of fused-ring (bicyclic) bond motifs is 3. The SMILES string of the molecule is CC(C)(C)OC(=O)N1[C@@H]2CC[C@H]1C[C@H](Oc1cc3c(Nc4ccc(Cl)c(Cl)c4F)ncnc3cc1O[C@@H]1CCOC1)C2. The van der Waals surface area contributed by atoms with Gasteiger partial charge >= 0.3 is 6.09 Å². The van der Waals surface area contributed by atoms with E-state index in [1.807, 2.05) is 37.8 Å². The quantitative estimate of drug-likeness (QED) is 0.288. The monoisotopic (exact) mass is 618 g/mol. The van der Waals surface area contributed by atoms with Gasteiger partial charge in [-0.15, -0.1) is 0 Å². The number of amides is 1. The Labute approximate surface area is 253 Å². The van der Waals surface area contributed by atoms with E-state index < -0.39 is 11.4 Å². The number of ether oxygens (including phenoxy) is 4. The van der Waals surface area contributed by atoms with Gasteiger partial charge in [-0.05, 0) is 51.8 Å². The predicted octanol–water partition coefficient (Wildman–Crippen LogP) is 7.30. The average molecular weight is 620 g/mol. The van der Waals surface area contributed by atoms with Crippen LogP contribution in [0.1, 0.15) is 52.9 Å². The van der Waals surface area contributed by atoms with Crippen LogP contribution in [-0.2, 0) is 9.47 Å². The van der Waals surface area contributed by atoms with Crippen LogP contribution in [0.15, 0.2) is 30.6 Å². The molecule has 12 heteroatoms. The predicted molar refractivity (Wildman–Crippen MR) is 158 cm³/mol. The molecule has 3 aromatic rings. The second-order valence-corrected chi connectivity index (χ2v) is 12.8. The van der Waals surface area contributed by atoms with Gasteiger partial charge in [0.15, 0.2) is 17.3 Å². The molecule has 2 bridgehead atoms. The zero-order valence-electron chi connectivity index (χ0n) is 23.7. The summed E-state index contributed by atoms with van der Waals surface area (Å²) in [7, 11) is 0. The number of halogens is 3. The summed E-state index contributed by atoms with van der Waals surface area (Å²) in [5.41, 5.74) is 0.162. The summed E-state index contributed by atoms with van der Waals surface area (Å²) >= 11 is 12.0. The van der Waals surface area contributed by atoms with E-state index in [2.05, 4.69) is 15.3 Å². The van der Waals surface area contributed by atoms with E-state index in [-0.39, 0.29) is 46.1 Å². The lowest BCUT2D eigenvalue weighted by atomic mass is 10.00. The molecule has 3 aliphatic heterocycles. The molecule has 0 radical (unpaired) electrons. The molecule has 0 spiro atoms. The highest BCUT2D eigenvalue weighted by Gasteiger charge is 2.45. The molecule has 3 saturated heterocycles. The summed E-state index contributed by atoms with van der Waals surface area (Å²) in [4.78, 5) is 23.6. The highest BCUT2D eigenvalue weighted by Crippen LogP contribution is 2.42. The number of rotatable bonds is 6.